The third kappa shape index (κ3) is 3.66. The van der Waals surface area contributed by atoms with Crippen LogP contribution in [0.3, 0.4) is 0 Å². The van der Waals surface area contributed by atoms with Gasteiger partial charge >= 0.3 is 0 Å². The van der Waals surface area contributed by atoms with Crippen LogP contribution in [0.2, 0.25) is 0 Å². The first-order valence-electron chi connectivity index (χ1n) is 9.40. The van der Waals surface area contributed by atoms with Gasteiger partial charge in [0.2, 0.25) is 0 Å². The highest BCUT2D eigenvalue weighted by molar-refractivity contribution is 5.87. The van der Waals surface area contributed by atoms with E-state index in [1.54, 1.807) is 12.5 Å². The Morgan fingerprint density at radius 2 is 1.97 bits per heavy atom. The summed E-state index contributed by atoms with van der Waals surface area (Å²) in [6.45, 7) is 5.31. The van der Waals surface area contributed by atoms with E-state index in [0.717, 1.165) is 47.7 Å². The summed E-state index contributed by atoms with van der Waals surface area (Å²) in [7, 11) is 0. The molecule has 0 unspecified atom stereocenters. The Balaban J connectivity index is 1.51. The molecule has 2 aliphatic rings. The lowest BCUT2D eigenvalue weighted by Gasteiger charge is -2.34. The second-order valence-corrected chi connectivity index (χ2v) is 7.30. The number of allylic oxidation sites excluding steroid dienone is 1. The Hall–Kier alpha value is -3.04. The molecule has 2 aromatic rings. The Morgan fingerprint density at radius 1 is 1.28 bits per heavy atom. The van der Waals surface area contributed by atoms with Crippen molar-refractivity contribution < 1.29 is 8.78 Å². The summed E-state index contributed by atoms with van der Waals surface area (Å²) in [5.74, 6) is 5.78. The zero-order valence-electron chi connectivity index (χ0n) is 15.9. The van der Waals surface area contributed by atoms with Gasteiger partial charge in [-0.3, -0.25) is 14.9 Å². The second kappa shape index (κ2) is 7.76. The molecular weight excluding hydrogens is 376 g/mol. The fourth-order valence-electron chi connectivity index (χ4n) is 4.00. The summed E-state index contributed by atoms with van der Waals surface area (Å²) in [6.07, 6.45) is 4.91. The number of H-pyrrole nitrogens is 1. The normalized spacial score (nSPS) is 19.3. The summed E-state index contributed by atoms with van der Waals surface area (Å²) in [4.78, 5) is 13.7. The van der Waals surface area contributed by atoms with E-state index in [-0.39, 0.29) is 23.7 Å². The summed E-state index contributed by atoms with van der Waals surface area (Å²) in [5.41, 5.74) is 8.10. The van der Waals surface area contributed by atoms with Gasteiger partial charge in [0.15, 0.2) is 0 Å². The van der Waals surface area contributed by atoms with Gasteiger partial charge in [0.25, 0.3) is 0 Å². The van der Waals surface area contributed by atoms with Gasteiger partial charge < -0.3 is 10.7 Å². The largest absolute Gasteiger partial charge is 0.399 e. The number of hydrazine groups is 1. The van der Waals surface area contributed by atoms with Gasteiger partial charge in [0.05, 0.1) is 11.4 Å². The number of aromatic amines is 1. The quantitative estimate of drug-likeness (QED) is 0.418. The Kier molecular flexibility index (Phi) is 5.16. The highest BCUT2D eigenvalue weighted by atomic mass is 19.1. The molecule has 1 aromatic heterocycles. The molecule has 5 N–H and O–H groups in total. The molecular formula is C20H23F2N7. The third-order valence-corrected chi connectivity index (χ3v) is 5.48. The Labute approximate surface area is 167 Å². The number of benzene rings is 1. The van der Waals surface area contributed by atoms with Crippen molar-refractivity contribution in [1.29, 1.82) is 0 Å². The highest BCUT2D eigenvalue weighted by Crippen LogP contribution is 2.37. The number of likely N-dealkylation sites (tertiary alicyclic amines) is 1. The maximum Gasteiger partial charge on any atom is 0.141 e. The zero-order valence-corrected chi connectivity index (χ0v) is 15.9. The van der Waals surface area contributed by atoms with E-state index in [0.29, 0.717) is 13.1 Å². The minimum atomic E-state index is -0.611. The number of fused-ring (bicyclic) bond motifs is 1. The van der Waals surface area contributed by atoms with E-state index in [1.807, 2.05) is 11.0 Å². The molecule has 1 fully saturated rings. The fourth-order valence-corrected chi connectivity index (χ4v) is 4.00. The predicted octanol–water partition coefficient (Wildman–Crippen LogP) is 3.01. The number of aliphatic imine (C=N–C) groups is 2. The minimum Gasteiger partial charge on any atom is -0.399 e. The average molecular weight is 399 g/mol. The monoisotopic (exact) mass is 399 g/mol. The number of halogens is 2. The van der Waals surface area contributed by atoms with Crippen molar-refractivity contribution in [2.24, 2.45) is 21.7 Å². The van der Waals surface area contributed by atoms with Gasteiger partial charge in [-0.25, -0.2) is 19.6 Å². The molecule has 7 nitrogen and oxygen atoms in total. The van der Waals surface area contributed by atoms with E-state index in [4.69, 9.17) is 11.6 Å². The second-order valence-electron chi connectivity index (χ2n) is 7.30. The number of nitrogens with two attached hydrogens (primary N) is 2. The molecule has 152 valence electrons. The minimum absolute atomic E-state index is 0.0478. The highest BCUT2D eigenvalue weighted by Gasteiger charge is 2.29. The molecule has 9 heteroatoms. The van der Waals surface area contributed by atoms with Gasteiger partial charge in [0.1, 0.15) is 23.8 Å². The first-order chi connectivity index (χ1) is 14.0. The van der Waals surface area contributed by atoms with Gasteiger partial charge in [0, 0.05) is 35.5 Å². The summed E-state index contributed by atoms with van der Waals surface area (Å²) in [5, 5.41) is 1.46. The predicted molar refractivity (Wildman–Crippen MR) is 110 cm³/mol. The molecule has 0 spiro atoms. The van der Waals surface area contributed by atoms with Crippen LogP contribution in [0.4, 0.5) is 20.3 Å². The molecule has 1 aromatic carbocycles. The van der Waals surface area contributed by atoms with E-state index >= 15 is 0 Å². The van der Waals surface area contributed by atoms with Crippen LogP contribution in [0, 0.1) is 17.6 Å². The molecule has 0 amide bonds. The van der Waals surface area contributed by atoms with Gasteiger partial charge in [-0.1, -0.05) is 0 Å². The zero-order chi connectivity index (χ0) is 20.5. The van der Waals surface area contributed by atoms with Crippen LogP contribution in [-0.4, -0.2) is 41.0 Å². The fraction of sp³-hybridized carbons (Fsp3) is 0.300. The van der Waals surface area contributed by atoms with Crippen molar-refractivity contribution in [3.63, 3.8) is 0 Å². The number of aromatic nitrogens is 1. The van der Waals surface area contributed by atoms with Crippen molar-refractivity contribution in [2.45, 2.75) is 19.4 Å². The molecule has 0 saturated carbocycles. The number of rotatable bonds is 4. The average Bonchev–Trinajstić information content (AvgIpc) is 3.16. The first kappa shape index (κ1) is 19.3. The number of nitrogens with zero attached hydrogens (tertiary/aromatic N) is 4. The molecule has 2 aliphatic heterocycles. The van der Waals surface area contributed by atoms with Gasteiger partial charge in [-0.2, -0.15) is 0 Å². The number of piperidine rings is 1. The Morgan fingerprint density at radius 3 is 2.62 bits per heavy atom. The summed E-state index contributed by atoms with van der Waals surface area (Å²) >= 11 is 0. The van der Waals surface area contributed by atoms with Crippen LogP contribution < -0.4 is 11.6 Å². The van der Waals surface area contributed by atoms with Crippen LogP contribution >= 0.6 is 0 Å². The maximum atomic E-state index is 14.1. The molecule has 3 heterocycles. The molecule has 4 rings (SSSR count). The van der Waals surface area contributed by atoms with Gasteiger partial charge in [-0.15, -0.1) is 0 Å². The molecule has 0 bridgehead atoms. The van der Waals surface area contributed by atoms with Crippen LogP contribution in [0.1, 0.15) is 24.0 Å². The van der Waals surface area contributed by atoms with E-state index in [1.165, 1.54) is 5.01 Å². The van der Waals surface area contributed by atoms with Crippen molar-refractivity contribution in [3.8, 4) is 0 Å². The number of hydrogen-bond acceptors (Lipinski definition) is 6. The number of nitrogen functional groups attached to an aromatic ring is 1. The van der Waals surface area contributed by atoms with Crippen LogP contribution in [-0.2, 0) is 6.54 Å². The Bertz CT molecular complexity index is 963. The maximum absolute atomic E-state index is 14.1. The number of nitrogens with one attached hydrogen (secondary N) is 1. The van der Waals surface area contributed by atoms with Crippen LogP contribution in [0.5, 0.6) is 0 Å². The molecule has 0 aliphatic carbocycles. The number of anilines is 1. The molecule has 0 radical (unpaired) electrons. The lowest BCUT2D eigenvalue weighted by molar-refractivity contribution is 0.186. The standard InChI is InChI=1S/C20H23F2N7/c1-25-18(19-14-2-5-26-20(14)27-11-29(19)24)12-3-6-28(7-4-12)10-15-16(21)8-13(23)9-17(15)22/h2,5,8-9,11-12,26H,1,3-4,6-7,10,23-24H2/b19-18-. The third-order valence-electron chi connectivity index (χ3n) is 5.48. The topological polar surface area (TPSA) is 99.0 Å². The van der Waals surface area contributed by atoms with Crippen molar-refractivity contribution in [2.75, 3.05) is 18.8 Å². The SMILES string of the molecule is C=N/C(=C1/c2cc[nH]c2N=CN1N)C1CCN(Cc2c(F)cc(N)cc2F)CC1. The van der Waals surface area contributed by atoms with Crippen molar-refractivity contribution in [3.05, 3.63) is 52.9 Å². The van der Waals surface area contributed by atoms with Crippen LogP contribution in [0.25, 0.3) is 5.70 Å². The molecule has 1 saturated heterocycles. The van der Waals surface area contributed by atoms with E-state index < -0.39 is 11.6 Å². The first-order valence-corrected chi connectivity index (χ1v) is 9.40. The van der Waals surface area contributed by atoms with Crippen molar-refractivity contribution >= 4 is 30.3 Å². The smallest absolute Gasteiger partial charge is 0.141 e. The summed E-state index contributed by atoms with van der Waals surface area (Å²) in [6, 6.07) is 4.22. The summed E-state index contributed by atoms with van der Waals surface area (Å²) < 4.78 is 28.2. The van der Waals surface area contributed by atoms with E-state index in [2.05, 4.69) is 21.7 Å². The molecule has 29 heavy (non-hydrogen) atoms. The molecule has 0 atom stereocenters. The lowest BCUT2D eigenvalue weighted by Crippen LogP contribution is -2.36. The van der Waals surface area contributed by atoms with Crippen LogP contribution in [0.15, 0.2) is 40.1 Å². The lowest BCUT2D eigenvalue weighted by atomic mass is 9.90. The van der Waals surface area contributed by atoms with E-state index in [9.17, 15) is 8.78 Å². The number of hydrogen-bond donors (Lipinski definition) is 3. The van der Waals surface area contributed by atoms with Crippen molar-refractivity contribution in [1.82, 2.24) is 14.9 Å². The van der Waals surface area contributed by atoms with Gasteiger partial charge in [-0.05, 0) is 50.8 Å².